The maximum absolute atomic E-state index is 9.01. The van der Waals surface area contributed by atoms with Crippen LogP contribution in [0.25, 0.3) is 0 Å². The van der Waals surface area contributed by atoms with Crippen molar-refractivity contribution in [1.29, 1.82) is 0 Å². The summed E-state index contributed by atoms with van der Waals surface area (Å²) in [4.78, 5) is 0. The molecule has 0 amide bonds. The Morgan fingerprint density at radius 1 is 0.338 bits per heavy atom. The molecule has 0 aliphatic heterocycles. The molecule has 2 saturated carbocycles. The topological polar surface area (TPSA) is 223 Å². The molecule has 0 heterocycles. The first-order chi connectivity index (χ1) is 31.8. The molecular formula is C46H50Cl4Mn4O12P2. The third-order valence-corrected chi connectivity index (χ3v) is 20.6. The van der Waals surface area contributed by atoms with Gasteiger partial charge in [0.15, 0.2) is 0 Å². The van der Waals surface area contributed by atoms with Crippen LogP contribution in [-0.4, -0.2) is 19.7 Å². The van der Waals surface area contributed by atoms with E-state index in [1.165, 1.54) is 83.2 Å². The number of halogens is 4. The Balaban J connectivity index is 0.000000259. The van der Waals surface area contributed by atoms with Crippen LogP contribution >= 0.6 is 54.9 Å². The van der Waals surface area contributed by atoms with Gasteiger partial charge < -0.3 is 0 Å². The molecule has 0 unspecified atom stereocenters. The van der Waals surface area contributed by atoms with E-state index in [1.54, 1.807) is 0 Å². The van der Waals surface area contributed by atoms with Gasteiger partial charge in [0.2, 0.25) is 0 Å². The minimum Gasteiger partial charge on any atom is -0.0620 e. The van der Waals surface area contributed by atoms with Crippen molar-refractivity contribution in [3.63, 3.8) is 0 Å². The van der Waals surface area contributed by atoms with Crippen LogP contribution in [0.5, 0.6) is 0 Å². The molecular weight excluding hydrogens is 1170 g/mol. The Bertz CT molecular complexity index is 2350. The molecule has 2 aliphatic carbocycles. The minimum atomic E-state index is -4.90. The summed E-state index contributed by atoms with van der Waals surface area (Å²) in [7, 11) is 13.0. The van der Waals surface area contributed by atoms with E-state index in [1.807, 2.05) is 0 Å². The molecule has 6 aromatic rings. The molecule has 8 rings (SSSR count). The summed E-state index contributed by atoms with van der Waals surface area (Å²) >= 11 is -19.1. The van der Waals surface area contributed by atoms with Gasteiger partial charge >= 0.3 is 136 Å². The maximum Gasteiger partial charge on any atom is 0.115 e. The first-order valence-corrected chi connectivity index (χ1v) is 36.5. The van der Waals surface area contributed by atoms with Crippen molar-refractivity contribution in [3.05, 3.63) is 182 Å². The Kier molecular flexibility index (Phi) is 25.3. The maximum atomic E-state index is 9.01. The number of rotatable bonds is 8. The van der Waals surface area contributed by atoms with Crippen LogP contribution in [0.1, 0.15) is 51.4 Å². The first kappa shape index (κ1) is 60.0. The zero-order valence-electron chi connectivity index (χ0n) is 36.0. The van der Waals surface area contributed by atoms with E-state index >= 15 is 0 Å². The average molecular weight is 1220 g/mol. The van der Waals surface area contributed by atoms with Gasteiger partial charge in [0.1, 0.15) is 46.4 Å². The summed E-state index contributed by atoms with van der Waals surface area (Å²) in [6.07, 6.45) is 10.9. The second-order valence-electron chi connectivity index (χ2n) is 14.8. The van der Waals surface area contributed by atoms with E-state index in [-0.39, 0.29) is 0 Å². The van der Waals surface area contributed by atoms with Crippen molar-refractivity contribution < 1.29 is 95.9 Å². The predicted molar refractivity (Wildman–Crippen MR) is 248 cm³/mol. The molecule has 12 nitrogen and oxygen atoms in total. The third-order valence-electron chi connectivity index (χ3n) is 10.7. The Morgan fingerprint density at radius 2 is 0.456 bits per heavy atom. The molecule has 2 N–H and O–H groups in total. The predicted octanol–water partition coefficient (Wildman–Crippen LogP) is 8.15. The first-order valence-electron chi connectivity index (χ1n) is 20.4. The van der Waals surface area contributed by atoms with Crippen LogP contribution in [0.4, 0.5) is 0 Å². The van der Waals surface area contributed by atoms with Gasteiger partial charge in [-0.3, -0.25) is 0 Å². The Morgan fingerprint density at radius 3 is 0.574 bits per heavy atom. The van der Waals surface area contributed by atoms with Gasteiger partial charge in [0.05, 0.1) is 11.3 Å². The van der Waals surface area contributed by atoms with Crippen LogP contribution < -0.4 is 40.2 Å². The van der Waals surface area contributed by atoms with Crippen LogP contribution in [0, 0.1) is 0 Å². The van der Waals surface area contributed by atoms with Gasteiger partial charge in [0.25, 0.3) is 0 Å². The van der Waals surface area contributed by atoms with Crippen LogP contribution in [0.3, 0.4) is 0 Å². The SMILES string of the molecule is [O]=[Mn](=[O])([O-])[Cl].[O]=[Mn](=[O])([O-])[Cl].[O]=[Mn](=[O])([OH])[Cl].[O]=[Mn](=[O])([OH])[Cl].c1ccc([P+](c2ccccc2)(c2ccccc2)C2CCCC2)cc1.c1ccc([P+](c2ccccc2)(c2ccccc2)C2CCCC2)cc1. The van der Waals surface area contributed by atoms with Crippen molar-refractivity contribution in [2.45, 2.75) is 62.7 Å². The fourth-order valence-corrected chi connectivity index (χ4v) is 19.2. The van der Waals surface area contributed by atoms with E-state index in [0.717, 1.165) is 11.3 Å². The minimum absolute atomic E-state index is 0.768. The second kappa shape index (κ2) is 28.6. The fourth-order valence-electron chi connectivity index (χ4n) is 8.72. The quantitative estimate of drug-likeness (QED) is 0.109. The van der Waals surface area contributed by atoms with Crippen LogP contribution in [0.2, 0.25) is 0 Å². The number of hydrogen-bond acceptors (Lipinski definition) is 10. The standard InChI is InChI=1S/2C23H24P.4ClH.4Mn.2H2O.10O/c2*1-4-12-20(13-5-1)24(23-18-10-11-19-23,21-14-6-2-7-15-21)22-16-8-3-9-17-22;;;;;;;;;;;;;;;;;;;;/h2*1-9,12-17,23H,10-11,18-19H2;4*1H;;;;;2*1H2;;;;;;;;;;/q2*+1;;;;;2*+1;2*+2;;;;;;;;;;;2*-1/p-6. The van der Waals surface area contributed by atoms with E-state index in [0.29, 0.717) is 0 Å². The molecule has 0 atom stereocenters. The van der Waals surface area contributed by atoms with Crippen LogP contribution in [0.15, 0.2) is 182 Å². The van der Waals surface area contributed by atoms with Gasteiger partial charge in [-0.1, -0.05) is 109 Å². The molecule has 2 aliphatic rings. The van der Waals surface area contributed by atoms with Crippen LogP contribution in [-0.2, 0) is 79.2 Å². The van der Waals surface area contributed by atoms with Crippen molar-refractivity contribution in [1.82, 2.24) is 0 Å². The summed E-state index contributed by atoms with van der Waals surface area (Å²) in [5, 5.41) is 9.22. The van der Waals surface area contributed by atoms with Gasteiger partial charge in [-0.05, 0) is 124 Å². The summed E-state index contributed by atoms with van der Waals surface area (Å²) in [6, 6.07) is 67.8. The molecule has 6 aromatic carbocycles. The van der Waals surface area contributed by atoms with Gasteiger partial charge in [-0.25, -0.2) is 0 Å². The fraction of sp³-hybridized carbons (Fsp3) is 0.217. The van der Waals surface area contributed by atoms with E-state index < -0.39 is 63.0 Å². The van der Waals surface area contributed by atoms with Gasteiger partial charge in [-0.15, -0.1) is 0 Å². The van der Waals surface area contributed by atoms with E-state index in [4.69, 9.17) is 47.4 Å². The van der Waals surface area contributed by atoms with E-state index in [2.05, 4.69) is 222 Å². The second-order valence-corrected chi connectivity index (χ2v) is 32.8. The zero-order chi connectivity index (χ0) is 50.5. The summed E-state index contributed by atoms with van der Waals surface area (Å²) in [6.45, 7) is 0. The molecule has 0 spiro atoms. The normalized spacial score (nSPS) is 14.4. The van der Waals surface area contributed by atoms with Crippen molar-refractivity contribution in [2.24, 2.45) is 0 Å². The molecule has 372 valence electrons. The smallest absolute Gasteiger partial charge is 0.0620 e. The van der Waals surface area contributed by atoms with Crippen molar-refractivity contribution in [3.8, 4) is 0 Å². The molecule has 22 heteroatoms. The largest absolute Gasteiger partial charge is 0.115 e. The average Bonchev–Trinajstić information content (AvgIpc) is 4.02. The monoisotopic (exact) mass is 1220 g/mol. The molecule has 0 bridgehead atoms. The molecule has 68 heavy (non-hydrogen) atoms. The molecule has 0 radical (unpaired) electrons. The Labute approximate surface area is 423 Å². The zero-order valence-corrected chi connectivity index (χ0v) is 45.6. The van der Waals surface area contributed by atoms with Gasteiger partial charge in [-0.2, -0.15) is 0 Å². The van der Waals surface area contributed by atoms with Crippen molar-refractivity contribution >= 4 is 86.7 Å². The molecule has 0 aromatic heterocycles. The number of benzene rings is 6. The summed E-state index contributed by atoms with van der Waals surface area (Å²) < 4.78 is 104. The molecule has 2 fully saturated rings. The summed E-state index contributed by atoms with van der Waals surface area (Å²) in [5.74, 6) is 0. The summed E-state index contributed by atoms with van der Waals surface area (Å²) in [5.41, 5.74) is 1.54. The number of hydrogen-bond donors (Lipinski definition) is 2. The third kappa shape index (κ3) is 21.6. The van der Waals surface area contributed by atoms with Crippen molar-refractivity contribution in [2.75, 3.05) is 0 Å². The Hall–Kier alpha value is -2.34. The van der Waals surface area contributed by atoms with E-state index in [9.17, 15) is 0 Å². The molecule has 0 saturated heterocycles. The van der Waals surface area contributed by atoms with Gasteiger partial charge in [0, 0.05) is 0 Å².